The van der Waals surface area contributed by atoms with Gasteiger partial charge in [-0.25, -0.2) is 8.78 Å². The predicted octanol–water partition coefficient (Wildman–Crippen LogP) is 1.52. The van der Waals surface area contributed by atoms with Gasteiger partial charge in [0.2, 0.25) is 5.69 Å². The number of aromatic nitrogens is 1. The second-order valence-electron chi connectivity index (χ2n) is 2.54. The van der Waals surface area contributed by atoms with Gasteiger partial charge >= 0.3 is 12.2 Å². The maximum absolute atomic E-state index is 12.4. The van der Waals surface area contributed by atoms with Gasteiger partial charge in [0, 0.05) is 0 Å². The lowest BCUT2D eigenvalue weighted by Crippen LogP contribution is -2.04. The minimum atomic E-state index is -2.99. The predicted molar refractivity (Wildman–Crippen MR) is 46.8 cm³/mol. The number of nitro groups is 1. The van der Waals surface area contributed by atoms with E-state index in [1.165, 1.54) is 7.11 Å². The van der Waals surface area contributed by atoms with E-state index in [2.05, 4.69) is 9.72 Å². The molecule has 0 aliphatic heterocycles. The molecule has 8 heteroatoms. The number of alkyl halides is 2. The second-order valence-corrected chi connectivity index (χ2v) is 2.54. The van der Waals surface area contributed by atoms with Crippen LogP contribution in [0.5, 0.6) is 5.75 Å². The number of nitrogens with zero attached hydrogens (tertiary/aromatic N) is 2. The van der Waals surface area contributed by atoms with Crippen LogP contribution in [0.25, 0.3) is 0 Å². The van der Waals surface area contributed by atoms with E-state index in [4.69, 9.17) is 5.73 Å². The summed E-state index contributed by atoms with van der Waals surface area (Å²) in [5.74, 6) is -0.914. The lowest BCUT2D eigenvalue weighted by atomic mass is 10.2. The summed E-state index contributed by atoms with van der Waals surface area (Å²) in [7, 11) is 1.17. The number of ether oxygens (including phenoxy) is 1. The highest BCUT2D eigenvalue weighted by atomic mass is 19.3. The molecule has 0 fully saturated rings. The van der Waals surface area contributed by atoms with Gasteiger partial charge in [0.05, 0.1) is 13.2 Å². The zero-order valence-corrected chi connectivity index (χ0v) is 7.61. The van der Waals surface area contributed by atoms with Gasteiger partial charge in [0.15, 0.2) is 5.75 Å². The zero-order chi connectivity index (χ0) is 11.6. The van der Waals surface area contributed by atoms with Crippen molar-refractivity contribution >= 4 is 11.5 Å². The molecule has 0 atom stereocenters. The van der Waals surface area contributed by atoms with Crippen molar-refractivity contribution in [1.29, 1.82) is 0 Å². The average molecular weight is 219 g/mol. The van der Waals surface area contributed by atoms with E-state index in [1.807, 2.05) is 0 Å². The van der Waals surface area contributed by atoms with E-state index in [-0.39, 0.29) is 5.75 Å². The van der Waals surface area contributed by atoms with E-state index in [0.717, 1.165) is 6.07 Å². The van der Waals surface area contributed by atoms with Crippen molar-refractivity contribution in [3.8, 4) is 5.75 Å². The number of halogens is 2. The first kappa shape index (κ1) is 11.1. The number of hydrogen-bond acceptors (Lipinski definition) is 5. The Morgan fingerprint density at radius 3 is 2.67 bits per heavy atom. The third kappa shape index (κ3) is 2.09. The molecule has 1 aromatic rings. The monoisotopic (exact) mass is 219 g/mol. The smallest absolute Gasteiger partial charge is 0.367 e. The summed E-state index contributed by atoms with van der Waals surface area (Å²) in [6.45, 7) is 0. The van der Waals surface area contributed by atoms with Crippen LogP contribution in [0.4, 0.5) is 20.3 Å². The molecule has 82 valence electrons. The Kier molecular flexibility index (Phi) is 2.98. The van der Waals surface area contributed by atoms with Crippen molar-refractivity contribution < 1.29 is 18.4 Å². The van der Waals surface area contributed by atoms with Crippen molar-refractivity contribution in [1.82, 2.24) is 4.98 Å². The molecule has 0 bridgehead atoms. The van der Waals surface area contributed by atoms with E-state index in [9.17, 15) is 18.9 Å². The van der Waals surface area contributed by atoms with E-state index in [0.29, 0.717) is 0 Å². The van der Waals surface area contributed by atoms with Crippen LogP contribution in [0.3, 0.4) is 0 Å². The molecule has 0 radical (unpaired) electrons. The van der Waals surface area contributed by atoms with Crippen LogP contribution >= 0.6 is 0 Å². The van der Waals surface area contributed by atoms with Crippen LogP contribution < -0.4 is 10.5 Å². The standard InChI is InChI=1S/C7H7F2N3O3/c1-15-3-2-4(12(13)14)11-6(5(3)10)7(8)9/h2,7H,10H2,1H3. The maximum atomic E-state index is 12.4. The van der Waals surface area contributed by atoms with Crippen molar-refractivity contribution in [2.45, 2.75) is 6.43 Å². The molecule has 0 saturated carbocycles. The van der Waals surface area contributed by atoms with Crippen LogP contribution in [-0.4, -0.2) is 17.0 Å². The fourth-order valence-electron chi connectivity index (χ4n) is 0.966. The fourth-order valence-corrected chi connectivity index (χ4v) is 0.966. The van der Waals surface area contributed by atoms with Crippen molar-refractivity contribution in [2.24, 2.45) is 0 Å². The molecule has 0 unspecified atom stereocenters. The third-order valence-electron chi connectivity index (χ3n) is 1.65. The van der Waals surface area contributed by atoms with Crippen LogP contribution in [0, 0.1) is 10.1 Å². The van der Waals surface area contributed by atoms with Gasteiger partial charge in [-0.05, 0) is 9.91 Å². The molecule has 1 rings (SSSR count). The van der Waals surface area contributed by atoms with Gasteiger partial charge in [0.25, 0.3) is 0 Å². The summed E-state index contributed by atoms with van der Waals surface area (Å²) in [4.78, 5) is 12.6. The summed E-state index contributed by atoms with van der Waals surface area (Å²) in [5.41, 5.74) is 4.04. The first-order valence-corrected chi connectivity index (χ1v) is 3.74. The minimum absolute atomic E-state index is 0.188. The Labute approximate surface area is 82.8 Å². The Morgan fingerprint density at radius 2 is 2.27 bits per heavy atom. The van der Waals surface area contributed by atoms with Gasteiger partial charge in [-0.1, -0.05) is 0 Å². The Morgan fingerprint density at radius 1 is 1.67 bits per heavy atom. The van der Waals surface area contributed by atoms with Gasteiger partial charge in [-0.15, -0.1) is 0 Å². The SMILES string of the molecule is COc1cc([N+](=O)[O-])nc(C(F)F)c1N. The Hall–Kier alpha value is -1.99. The van der Waals surface area contributed by atoms with Crippen molar-refractivity contribution in [3.05, 3.63) is 21.9 Å². The molecule has 1 heterocycles. The third-order valence-corrected chi connectivity index (χ3v) is 1.65. The lowest BCUT2D eigenvalue weighted by molar-refractivity contribution is -0.389. The first-order chi connectivity index (χ1) is 6.97. The second kappa shape index (κ2) is 4.03. The summed E-state index contributed by atoms with van der Waals surface area (Å²) >= 11 is 0. The van der Waals surface area contributed by atoms with Crippen LogP contribution in [0.2, 0.25) is 0 Å². The summed E-state index contributed by atoms with van der Waals surface area (Å²) in [6.07, 6.45) is -2.99. The maximum Gasteiger partial charge on any atom is 0.367 e. The van der Waals surface area contributed by atoms with E-state index >= 15 is 0 Å². The molecule has 0 aliphatic rings. The normalized spacial score (nSPS) is 10.4. The van der Waals surface area contributed by atoms with Gasteiger partial charge in [0.1, 0.15) is 5.69 Å². The molecule has 0 spiro atoms. The van der Waals surface area contributed by atoms with Gasteiger partial charge in [-0.3, -0.25) is 0 Å². The minimum Gasteiger partial charge on any atom is -0.494 e. The molecular weight excluding hydrogens is 212 g/mol. The molecule has 0 amide bonds. The van der Waals surface area contributed by atoms with Crippen LogP contribution in [0.15, 0.2) is 6.07 Å². The van der Waals surface area contributed by atoms with Crippen LogP contribution in [0.1, 0.15) is 12.1 Å². The highest BCUT2D eigenvalue weighted by Gasteiger charge is 2.26. The molecule has 0 saturated heterocycles. The number of anilines is 1. The summed E-state index contributed by atoms with van der Waals surface area (Å²) in [6, 6.07) is 0.890. The molecule has 0 aliphatic carbocycles. The Balaban J connectivity index is 3.38. The number of pyridine rings is 1. The molecule has 1 aromatic heterocycles. The zero-order valence-electron chi connectivity index (χ0n) is 7.61. The number of nitrogens with two attached hydrogens (primary N) is 1. The number of methoxy groups -OCH3 is 1. The quantitative estimate of drug-likeness (QED) is 0.614. The largest absolute Gasteiger partial charge is 0.494 e. The summed E-state index contributed by atoms with van der Waals surface area (Å²) in [5, 5.41) is 10.4. The topological polar surface area (TPSA) is 91.3 Å². The fraction of sp³-hybridized carbons (Fsp3) is 0.286. The van der Waals surface area contributed by atoms with Crippen molar-refractivity contribution in [2.75, 3.05) is 12.8 Å². The number of hydrogen-bond donors (Lipinski definition) is 1. The molecule has 6 nitrogen and oxygen atoms in total. The van der Waals surface area contributed by atoms with E-state index < -0.39 is 28.5 Å². The molecular formula is C7H7F2N3O3. The molecule has 0 aromatic carbocycles. The number of nitrogen functional groups attached to an aromatic ring is 1. The van der Waals surface area contributed by atoms with Crippen molar-refractivity contribution in [3.63, 3.8) is 0 Å². The highest BCUT2D eigenvalue weighted by Crippen LogP contribution is 2.33. The highest BCUT2D eigenvalue weighted by molar-refractivity contribution is 5.59. The van der Waals surface area contributed by atoms with E-state index in [1.54, 1.807) is 0 Å². The van der Waals surface area contributed by atoms with Gasteiger partial charge in [-0.2, -0.15) is 0 Å². The lowest BCUT2D eigenvalue weighted by Gasteiger charge is -2.05. The first-order valence-electron chi connectivity index (χ1n) is 3.74. The Bertz CT molecular complexity index is 397. The number of rotatable bonds is 3. The molecule has 2 N–H and O–H groups in total. The molecule has 15 heavy (non-hydrogen) atoms. The summed E-state index contributed by atoms with van der Waals surface area (Å²) < 4.78 is 29.4. The van der Waals surface area contributed by atoms with Gasteiger partial charge < -0.3 is 20.6 Å². The average Bonchev–Trinajstić information content (AvgIpc) is 2.17. The van der Waals surface area contributed by atoms with Crippen LogP contribution in [-0.2, 0) is 0 Å².